The quantitative estimate of drug-likeness (QED) is 0.543. The van der Waals surface area contributed by atoms with Gasteiger partial charge in [0.1, 0.15) is 0 Å². The van der Waals surface area contributed by atoms with Gasteiger partial charge < -0.3 is 29.6 Å². The van der Waals surface area contributed by atoms with Crippen LogP contribution in [-0.2, 0) is 11.3 Å². The number of ether oxygens (including phenoxy) is 4. The average molecular weight is 367 g/mol. The van der Waals surface area contributed by atoms with Crippen LogP contribution in [-0.4, -0.2) is 54.1 Å². The van der Waals surface area contributed by atoms with Crippen LogP contribution in [0.15, 0.2) is 17.1 Å². The van der Waals surface area contributed by atoms with Gasteiger partial charge in [-0.3, -0.25) is 4.99 Å². The summed E-state index contributed by atoms with van der Waals surface area (Å²) >= 11 is 0. The van der Waals surface area contributed by atoms with Crippen molar-refractivity contribution in [2.75, 3.05) is 42.0 Å². The molecule has 148 valence electrons. The maximum Gasteiger partial charge on any atom is 0.203 e. The molecule has 0 radical (unpaired) electrons. The van der Waals surface area contributed by atoms with E-state index in [-0.39, 0.29) is 11.5 Å². The number of aliphatic imine (C=N–C) groups is 1. The molecule has 0 amide bonds. The zero-order valence-corrected chi connectivity index (χ0v) is 17.2. The molecule has 0 aliphatic heterocycles. The highest BCUT2D eigenvalue weighted by molar-refractivity contribution is 5.79. The predicted molar refractivity (Wildman–Crippen MR) is 105 cm³/mol. The standard InChI is InChI=1S/C19H33N3O4/c1-19(2,3)15(24-6)12-22-18(20-4)21-11-13-9-10-14(23-5)17(26-8)16(13)25-7/h9-10,15H,11-12H2,1-8H3,(H2,20,21,22). The van der Waals surface area contributed by atoms with Gasteiger partial charge in [0.05, 0.1) is 27.4 Å². The number of benzene rings is 1. The van der Waals surface area contributed by atoms with Gasteiger partial charge in [0, 0.05) is 32.8 Å². The first-order chi connectivity index (χ1) is 12.3. The molecule has 26 heavy (non-hydrogen) atoms. The van der Waals surface area contributed by atoms with Crippen LogP contribution in [0.5, 0.6) is 17.2 Å². The number of guanidine groups is 1. The van der Waals surface area contributed by atoms with E-state index in [1.807, 2.05) is 12.1 Å². The molecule has 0 saturated carbocycles. The van der Waals surface area contributed by atoms with Gasteiger partial charge in [-0.15, -0.1) is 0 Å². The van der Waals surface area contributed by atoms with Gasteiger partial charge in [0.15, 0.2) is 17.5 Å². The van der Waals surface area contributed by atoms with Crippen LogP contribution in [0.3, 0.4) is 0 Å². The third-order valence-electron chi connectivity index (χ3n) is 4.16. The fraction of sp³-hybridized carbons (Fsp3) is 0.632. The van der Waals surface area contributed by atoms with Gasteiger partial charge in [-0.1, -0.05) is 20.8 Å². The van der Waals surface area contributed by atoms with Crippen LogP contribution < -0.4 is 24.8 Å². The Labute approximate surface area is 157 Å². The second-order valence-corrected chi connectivity index (χ2v) is 6.89. The van der Waals surface area contributed by atoms with E-state index in [9.17, 15) is 0 Å². The molecule has 7 nitrogen and oxygen atoms in total. The zero-order valence-electron chi connectivity index (χ0n) is 17.2. The van der Waals surface area contributed by atoms with Gasteiger partial charge in [-0.05, 0) is 17.5 Å². The Balaban J connectivity index is 2.81. The first-order valence-corrected chi connectivity index (χ1v) is 8.57. The molecule has 1 aromatic rings. The summed E-state index contributed by atoms with van der Waals surface area (Å²) in [6.07, 6.45) is 0.0664. The molecule has 0 bridgehead atoms. The number of hydrogen-bond donors (Lipinski definition) is 2. The first-order valence-electron chi connectivity index (χ1n) is 8.57. The number of rotatable bonds is 8. The minimum Gasteiger partial charge on any atom is -0.493 e. The molecule has 2 N–H and O–H groups in total. The van der Waals surface area contributed by atoms with E-state index in [1.54, 1.807) is 35.5 Å². The van der Waals surface area contributed by atoms with Crippen molar-refractivity contribution in [1.82, 2.24) is 10.6 Å². The van der Waals surface area contributed by atoms with Crippen molar-refractivity contribution >= 4 is 5.96 Å². The van der Waals surface area contributed by atoms with Gasteiger partial charge in [0.2, 0.25) is 5.75 Å². The molecule has 1 aromatic carbocycles. The molecule has 1 unspecified atom stereocenters. The summed E-state index contributed by atoms with van der Waals surface area (Å²) in [6, 6.07) is 3.79. The van der Waals surface area contributed by atoms with E-state index in [4.69, 9.17) is 18.9 Å². The lowest BCUT2D eigenvalue weighted by molar-refractivity contribution is 0.0205. The lowest BCUT2D eigenvalue weighted by atomic mass is 9.89. The van der Waals surface area contributed by atoms with Crippen molar-refractivity contribution in [3.05, 3.63) is 17.7 Å². The second-order valence-electron chi connectivity index (χ2n) is 6.89. The number of methoxy groups -OCH3 is 4. The summed E-state index contributed by atoms with van der Waals surface area (Å²) < 4.78 is 21.8. The van der Waals surface area contributed by atoms with Gasteiger partial charge in [0.25, 0.3) is 0 Å². The van der Waals surface area contributed by atoms with E-state index in [0.717, 1.165) is 5.56 Å². The van der Waals surface area contributed by atoms with Crippen molar-refractivity contribution in [2.24, 2.45) is 10.4 Å². The molecule has 1 rings (SSSR count). The van der Waals surface area contributed by atoms with E-state index in [1.165, 1.54) is 0 Å². The summed E-state index contributed by atoms with van der Waals surface area (Å²) in [5.41, 5.74) is 0.972. The monoisotopic (exact) mass is 367 g/mol. The molecule has 0 aromatic heterocycles. The van der Waals surface area contributed by atoms with Gasteiger partial charge >= 0.3 is 0 Å². The normalized spacial score (nSPS) is 13.2. The molecule has 7 heteroatoms. The van der Waals surface area contributed by atoms with E-state index in [0.29, 0.717) is 36.3 Å². The Kier molecular flexibility index (Phi) is 8.51. The number of nitrogens with one attached hydrogen (secondary N) is 2. The maximum atomic E-state index is 5.57. The Morgan fingerprint density at radius 2 is 1.65 bits per heavy atom. The van der Waals surface area contributed by atoms with E-state index < -0.39 is 0 Å². The predicted octanol–water partition coefficient (Wildman–Crippen LogP) is 2.44. The molecule has 0 spiro atoms. The fourth-order valence-electron chi connectivity index (χ4n) is 2.63. The second kappa shape index (κ2) is 10.1. The summed E-state index contributed by atoms with van der Waals surface area (Å²) in [4.78, 5) is 4.27. The molecule has 0 aliphatic rings. The van der Waals surface area contributed by atoms with Crippen LogP contribution >= 0.6 is 0 Å². The van der Waals surface area contributed by atoms with Crippen molar-refractivity contribution in [3.8, 4) is 17.2 Å². The Hall–Kier alpha value is -2.15. The van der Waals surface area contributed by atoms with Crippen LogP contribution in [0, 0.1) is 5.41 Å². The molecular weight excluding hydrogens is 334 g/mol. The Morgan fingerprint density at radius 3 is 2.12 bits per heavy atom. The van der Waals surface area contributed by atoms with Crippen LogP contribution in [0.25, 0.3) is 0 Å². The van der Waals surface area contributed by atoms with Crippen LogP contribution in [0.4, 0.5) is 0 Å². The zero-order chi connectivity index (χ0) is 19.7. The average Bonchev–Trinajstić information content (AvgIpc) is 2.62. The third kappa shape index (κ3) is 5.69. The summed E-state index contributed by atoms with van der Waals surface area (Å²) in [5, 5.41) is 6.59. The van der Waals surface area contributed by atoms with Crippen LogP contribution in [0.2, 0.25) is 0 Å². The summed E-state index contributed by atoms with van der Waals surface area (Å²) in [6.45, 7) is 7.62. The molecule has 0 aliphatic carbocycles. The number of hydrogen-bond acceptors (Lipinski definition) is 5. The summed E-state index contributed by atoms with van der Waals surface area (Å²) in [7, 11) is 8.26. The fourth-order valence-corrected chi connectivity index (χ4v) is 2.63. The molecule has 1 atom stereocenters. The van der Waals surface area contributed by atoms with Crippen LogP contribution in [0.1, 0.15) is 26.3 Å². The smallest absolute Gasteiger partial charge is 0.203 e. The highest BCUT2D eigenvalue weighted by Gasteiger charge is 2.24. The lowest BCUT2D eigenvalue weighted by Gasteiger charge is -2.30. The molecule has 0 fully saturated rings. The highest BCUT2D eigenvalue weighted by Crippen LogP contribution is 2.39. The molecule has 0 heterocycles. The Bertz CT molecular complexity index is 597. The summed E-state index contributed by atoms with van der Waals surface area (Å²) in [5.74, 6) is 2.53. The van der Waals surface area contributed by atoms with Gasteiger partial charge in [-0.2, -0.15) is 0 Å². The van der Waals surface area contributed by atoms with E-state index >= 15 is 0 Å². The molecular formula is C19H33N3O4. The van der Waals surface area contributed by atoms with Crippen molar-refractivity contribution in [2.45, 2.75) is 33.4 Å². The highest BCUT2D eigenvalue weighted by atomic mass is 16.5. The minimum atomic E-state index is 0.0349. The van der Waals surface area contributed by atoms with E-state index in [2.05, 4.69) is 36.4 Å². The van der Waals surface area contributed by atoms with Crippen molar-refractivity contribution < 1.29 is 18.9 Å². The topological polar surface area (TPSA) is 73.3 Å². The third-order valence-corrected chi connectivity index (χ3v) is 4.16. The first kappa shape index (κ1) is 21.9. The number of nitrogens with zero attached hydrogens (tertiary/aromatic N) is 1. The SMILES string of the molecule is CN=C(NCc1ccc(OC)c(OC)c1OC)NCC(OC)C(C)(C)C. The maximum absolute atomic E-state index is 5.57. The largest absolute Gasteiger partial charge is 0.493 e. The minimum absolute atomic E-state index is 0.0349. The van der Waals surface area contributed by atoms with Crippen molar-refractivity contribution in [1.29, 1.82) is 0 Å². The lowest BCUT2D eigenvalue weighted by Crippen LogP contribution is -2.45. The Morgan fingerprint density at radius 1 is 1.00 bits per heavy atom. The van der Waals surface area contributed by atoms with Crippen molar-refractivity contribution in [3.63, 3.8) is 0 Å². The van der Waals surface area contributed by atoms with Gasteiger partial charge in [-0.25, -0.2) is 0 Å². The molecule has 0 saturated heterocycles.